The third-order valence-corrected chi connectivity index (χ3v) is 5.46. The molecule has 1 amide bonds. The lowest BCUT2D eigenvalue weighted by Gasteiger charge is -2.40. The van der Waals surface area contributed by atoms with Gasteiger partial charge in [-0.2, -0.15) is 0 Å². The zero-order valence-electron chi connectivity index (χ0n) is 12.7. The molecule has 6 heteroatoms. The maximum Gasteiger partial charge on any atom is 0.226 e. The summed E-state index contributed by atoms with van der Waals surface area (Å²) in [5.41, 5.74) is 2.22. The highest BCUT2D eigenvalue weighted by Gasteiger charge is 2.36. The van der Waals surface area contributed by atoms with E-state index in [0.29, 0.717) is 16.0 Å². The van der Waals surface area contributed by atoms with Gasteiger partial charge in [-0.05, 0) is 55.6 Å². The van der Waals surface area contributed by atoms with Crippen LogP contribution in [0.5, 0.6) is 0 Å². The Hall–Kier alpha value is -0.480. The minimum absolute atomic E-state index is 0. The molecule has 122 valence electrons. The van der Waals surface area contributed by atoms with Gasteiger partial charge < -0.3 is 10.2 Å². The summed E-state index contributed by atoms with van der Waals surface area (Å²) in [6, 6.07) is 3.77. The molecular weight excluding hydrogens is 343 g/mol. The first-order chi connectivity index (χ1) is 9.99. The summed E-state index contributed by atoms with van der Waals surface area (Å²) in [6.45, 7) is 6.74. The first-order valence-electron chi connectivity index (χ1n) is 7.48. The Morgan fingerprint density at radius 1 is 1.36 bits per heavy atom. The van der Waals surface area contributed by atoms with Crippen LogP contribution in [0.25, 0.3) is 0 Å². The van der Waals surface area contributed by atoms with E-state index in [9.17, 15) is 4.79 Å². The highest BCUT2D eigenvalue weighted by molar-refractivity contribution is 6.35. The molecule has 2 aliphatic heterocycles. The van der Waals surface area contributed by atoms with Crippen molar-refractivity contribution in [3.8, 4) is 0 Å². The number of carbonyl (C=O) groups is 1. The molecule has 0 saturated carbocycles. The van der Waals surface area contributed by atoms with Crippen LogP contribution >= 0.6 is 35.6 Å². The highest BCUT2D eigenvalue weighted by atomic mass is 35.5. The zero-order chi connectivity index (χ0) is 15.1. The van der Waals surface area contributed by atoms with Crippen LogP contribution < -0.4 is 5.32 Å². The van der Waals surface area contributed by atoms with E-state index in [4.69, 9.17) is 23.2 Å². The van der Waals surface area contributed by atoms with Gasteiger partial charge in [-0.25, -0.2) is 0 Å². The Kier molecular flexibility index (Phi) is 5.65. The van der Waals surface area contributed by atoms with Crippen LogP contribution in [0.4, 0.5) is 0 Å². The molecule has 1 saturated heterocycles. The number of rotatable bonds is 2. The van der Waals surface area contributed by atoms with Crippen molar-refractivity contribution in [1.82, 2.24) is 10.2 Å². The zero-order valence-corrected chi connectivity index (χ0v) is 15.1. The van der Waals surface area contributed by atoms with Crippen LogP contribution in [-0.2, 0) is 11.2 Å². The molecular formula is C16H21Cl3N2O. The minimum Gasteiger partial charge on any atom is -0.335 e. The van der Waals surface area contributed by atoms with Crippen LogP contribution in [0, 0.1) is 11.8 Å². The predicted octanol–water partition coefficient (Wildman–Crippen LogP) is 3.72. The van der Waals surface area contributed by atoms with Gasteiger partial charge in [-0.3, -0.25) is 4.79 Å². The van der Waals surface area contributed by atoms with E-state index in [1.807, 2.05) is 17.9 Å². The van der Waals surface area contributed by atoms with E-state index in [2.05, 4.69) is 12.2 Å². The maximum absolute atomic E-state index is 12.8. The molecule has 0 spiro atoms. The third kappa shape index (κ3) is 3.09. The summed E-state index contributed by atoms with van der Waals surface area (Å²) in [7, 11) is 0. The van der Waals surface area contributed by atoms with Gasteiger partial charge in [0.05, 0.1) is 6.04 Å². The van der Waals surface area contributed by atoms with Crippen molar-refractivity contribution < 1.29 is 4.79 Å². The Morgan fingerprint density at radius 2 is 2.05 bits per heavy atom. The lowest BCUT2D eigenvalue weighted by molar-refractivity contribution is -0.140. The van der Waals surface area contributed by atoms with Crippen molar-refractivity contribution in [2.45, 2.75) is 26.3 Å². The largest absolute Gasteiger partial charge is 0.335 e. The van der Waals surface area contributed by atoms with Crippen molar-refractivity contribution in [2.24, 2.45) is 11.8 Å². The molecule has 2 heterocycles. The first-order valence-corrected chi connectivity index (χ1v) is 8.23. The molecule has 1 aromatic rings. The van der Waals surface area contributed by atoms with E-state index in [0.717, 1.165) is 37.2 Å². The van der Waals surface area contributed by atoms with Gasteiger partial charge in [-0.15, -0.1) is 12.4 Å². The maximum atomic E-state index is 12.8. The summed E-state index contributed by atoms with van der Waals surface area (Å²) in [4.78, 5) is 14.7. The second kappa shape index (κ2) is 6.96. The Labute approximate surface area is 147 Å². The van der Waals surface area contributed by atoms with E-state index >= 15 is 0 Å². The quantitative estimate of drug-likeness (QED) is 0.868. The number of fused-ring (bicyclic) bond motifs is 1. The van der Waals surface area contributed by atoms with Crippen molar-refractivity contribution in [2.75, 3.05) is 19.6 Å². The number of hydrogen-bond acceptors (Lipinski definition) is 2. The van der Waals surface area contributed by atoms with E-state index in [1.54, 1.807) is 6.07 Å². The van der Waals surface area contributed by atoms with Crippen LogP contribution in [-0.4, -0.2) is 30.4 Å². The van der Waals surface area contributed by atoms with Crippen molar-refractivity contribution in [3.05, 3.63) is 33.3 Å². The second-order valence-corrected chi connectivity index (χ2v) is 6.96. The average molecular weight is 364 g/mol. The lowest BCUT2D eigenvalue weighted by atomic mass is 9.86. The SMILES string of the molecule is CC(C(=O)N1CCc2c(Cl)cc(Cl)cc2C1C)C1CNC1.Cl. The summed E-state index contributed by atoms with van der Waals surface area (Å²) >= 11 is 12.4. The van der Waals surface area contributed by atoms with Crippen molar-refractivity contribution in [1.29, 1.82) is 0 Å². The number of benzene rings is 1. The standard InChI is InChI=1S/C16H20Cl2N2O.ClH/c1-9(11-7-19-8-11)16(21)20-4-3-13-14(10(20)2)5-12(17)6-15(13)18;/h5-6,9-11,19H,3-4,7-8H2,1-2H3;1H. The number of halogens is 3. The smallest absolute Gasteiger partial charge is 0.226 e. The minimum atomic E-state index is 0. The van der Waals surface area contributed by atoms with Gasteiger partial charge >= 0.3 is 0 Å². The molecule has 2 unspecified atom stereocenters. The number of amides is 1. The van der Waals surface area contributed by atoms with Gasteiger partial charge in [0.25, 0.3) is 0 Å². The molecule has 2 atom stereocenters. The lowest BCUT2D eigenvalue weighted by Crippen LogP contribution is -2.51. The van der Waals surface area contributed by atoms with Gasteiger partial charge in [0, 0.05) is 22.5 Å². The topological polar surface area (TPSA) is 32.3 Å². The predicted molar refractivity (Wildman–Crippen MR) is 93.1 cm³/mol. The number of hydrogen-bond donors (Lipinski definition) is 1. The fraction of sp³-hybridized carbons (Fsp3) is 0.562. The van der Waals surface area contributed by atoms with Gasteiger partial charge in [0.1, 0.15) is 0 Å². The molecule has 0 radical (unpaired) electrons. The third-order valence-electron chi connectivity index (χ3n) is 4.91. The van der Waals surface area contributed by atoms with Gasteiger partial charge in [0.15, 0.2) is 0 Å². The molecule has 2 aliphatic rings. The second-order valence-electron chi connectivity index (χ2n) is 6.12. The van der Waals surface area contributed by atoms with Gasteiger partial charge in [0.2, 0.25) is 5.91 Å². The van der Waals surface area contributed by atoms with Gasteiger partial charge in [-0.1, -0.05) is 30.1 Å². The molecule has 1 N–H and O–H groups in total. The van der Waals surface area contributed by atoms with E-state index < -0.39 is 0 Å². The average Bonchev–Trinajstić information content (AvgIpc) is 2.37. The molecule has 3 nitrogen and oxygen atoms in total. The van der Waals surface area contributed by atoms with E-state index in [-0.39, 0.29) is 30.3 Å². The highest BCUT2D eigenvalue weighted by Crippen LogP contribution is 2.37. The molecule has 0 bridgehead atoms. The van der Waals surface area contributed by atoms with Crippen LogP contribution in [0.3, 0.4) is 0 Å². The van der Waals surface area contributed by atoms with Crippen LogP contribution in [0.2, 0.25) is 10.0 Å². The normalized spacial score (nSPS) is 22.4. The molecule has 0 aliphatic carbocycles. The van der Waals surface area contributed by atoms with Crippen molar-refractivity contribution >= 4 is 41.5 Å². The fourth-order valence-electron chi connectivity index (χ4n) is 3.28. The molecule has 0 aromatic heterocycles. The fourth-order valence-corrected chi connectivity index (χ4v) is 3.89. The van der Waals surface area contributed by atoms with Crippen molar-refractivity contribution in [3.63, 3.8) is 0 Å². The molecule has 22 heavy (non-hydrogen) atoms. The van der Waals surface area contributed by atoms with Crippen LogP contribution in [0.15, 0.2) is 12.1 Å². The van der Waals surface area contributed by atoms with Crippen LogP contribution in [0.1, 0.15) is 31.0 Å². The molecule has 3 rings (SSSR count). The molecule has 1 aromatic carbocycles. The number of carbonyl (C=O) groups excluding carboxylic acids is 1. The monoisotopic (exact) mass is 362 g/mol. The summed E-state index contributed by atoms with van der Waals surface area (Å²) < 4.78 is 0. The Balaban J connectivity index is 0.00000176. The summed E-state index contributed by atoms with van der Waals surface area (Å²) in [6.07, 6.45) is 0.803. The summed E-state index contributed by atoms with van der Waals surface area (Å²) in [5, 5.41) is 4.59. The van der Waals surface area contributed by atoms with E-state index in [1.165, 1.54) is 0 Å². The Morgan fingerprint density at radius 3 is 2.64 bits per heavy atom. The summed E-state index contributed by atoms with van der Waals surface area (Å²) in [5.74, 6) is 0.787. The number of nitrogens with one attached hydrogen (secondary N) is 1. The number of nitrogens with zero attached hydrogens (tertiary/aromatic N) is 1. The molecule has 1 fully saturated rings. The Bertz CT molecular complexity index is 575. The first kappa shape index (κ1) is 17.9.